The highest BCUT2D eigenvalue weighted by molar-refractivity contribution is 9.10. The van der Waals surface area contributed by atoms with Crippen LogP contribution >= 0.6 is 15.9 Å². The number of carbonyl (C=O) groups is 2. The molecule has 0 fully saturated rings. The number of halogens is 1. The summed E-state index contributed by atoms with van der Waals surface area (Å²) < 4.78 is 28.9. The van der Waals surface area contributed by atoms with Crippen molar-refractivity contribution < 1.29 is 33.3 Å². The number of carbonyl (C=O) groups excluding carboxylic acids is 2. The number of hydrogen-bond donors (Lipinski definition) is 0. The molecule has 2 aromatic carbocycles. The van der Waals surface area contributed by atoms with Gasteiger partial charge in [0.2, 0.25) is 0 Å². The zero-order chi connectivity index (χ0) is 29.8. The zero-order valence-electron chi connectivity index (χ0n) is 24.7. The fourth-order valence-electron chi connectivity index (χ4n) is 5.65. The first kappa shape index (κ1) is 30.6. The number of Topliss-reactive ketones (excluding diaryl/α,β-unsaturated/α-hetero) is 1. The molecular formula is C32H38BrNO7. The lowest BCUT2D eigenvalue weighted by Gasteiger charge is -2.37. The number of aliphatic imine (C=N–C) groups is 1. The van der Waals surface area contributed by atoms with Gasteiger partial charge in [0.15, 0.2) is 28.8 Å². The molecule has 2 aromatic rings. The SMILES string of the molecule is CCOc1cc([C@@H]2C3=C(C[C@@H](c4ccc(OC)c(OC)c4)CC3=O)N=C(C)C2C(=O)O[C@@H](C)CC)cc(Br)c1OC. The Bertz CT molecular complexity index is 1380. The minimum Gasteiger partial charge on any atom is -0.493 e. The Morgan fingerprint density at radius 2 is 1.71 bits per heavy atom. The van der Waals surface area contributed by atoms with Crippen molar-refractivity contribution in [3.63, 3.8) is 0 Å². The highest BCUT2D eigenvalue weighted by Crippen LogP contribution is 2.50. The number of rotatable bonds is 10. The number of hydrogen-bond acceptors (Lipinski definition) is 8. The van der Waals surface area contributed by atoms with Crippen LogP contribution in [0.1, 0.15) is 69.9 Å². The third-order valence-corrected chi connectivity index (χ3v) is 8.40. The summed E-state index contributed by atoms with van der Waals surface area (Å²) in [6.07, 6.45) is 1.25. The fraction of sp³-hybridized carbons (Fsp3) is 0.469. The van der Waals surface area contributed by atoms with Crippen molar-refractivity contribution in [1.29, 1.82) is 0 Å². The first-order valence-electron chi connectivity index (χ1n) is 13.9. The number of nitrogens with zero attached hydrogens (tertiary/aromatic N) is 1. The van der Waals surface area contributed by atoms with Crippen LogP contribution in [0.15, 0.2) is 51.1 Å². The Morgan fingerprint density at radius 1 is 1.00 bits per heavy atom. The number of allylic oxidation sites excluding steroid dienone is 2. The second-order valence-corrected chi connectivity index (χ2v) is 11.2. The van der Waals surface area contributed by atoms with E-state index in [1.165, 1.54) is 0 Å². The molecule has 8 nitrogen and oxygen atoms in total. The van der Waals surface area contributed by atoms with Gasteiger partial charge in [0, 0.05) is 29.3 Å². The van der Waals surface area contributed by atoms with Gasteiger partial charge in [0.05, 0.1) is 38.5 Å². The van der Waals surface area contributed by atoms with Gasteiger partial charge in [-0.3, -0.25) is 14.6 Å². The lowest BCUT2D eigenvalue weighted by molar-refractivity contribution is -0.151. The van der Waals surface area contributed by atoms with E-state index in [0.29, 0.717) is 63.9 Å². The predicted molar refractivity (Wildman–Crippen MR) is 161 cm³/mol. The van der Waals surface area contributed by atoms with Gasteiger partial charge in [-0.25, -0.2) is 0 Å². The van der Waals surface area contributed by atoms with Crippen molar-refractivity contribution in [2.45, 2.75) is 64.9 Å². The summed E-state index contributed by atoms with van der Waals surface area (Å²) in [7, 11) is 4.76. The summed E-state index contributed by atoms with van der Waals surface area (Å²) >= 11 is 3.61. The highest BCUT2D eigenvalue weighted by atomic mass is 79.9. The van der Waals surface area contributed by atoms with Crippen LogP contribution in [0.5, 0.6) is 23.0 Å². The molecule has 1 aliphatic heterocycles. The summed E-state index contributed by atoms with van der Waals surface area (Å²) in [5, 5.41) is 0. The Labute approximate surface area is 250 Å². The number of esters is 1. The van der Waals surface area contributed by atoms with Crippen LogP contribution in [-0.4, -0.2) is 51.5 Å². The van der Waals surface area contributed by atoms with E-state index in [0.717, 1.165) is 11.1 Å². The number of ether oxygens (including phenoxy) is 5. The molecule has 4 rings (SSSR count). The van der Waals surface area contributed by atoms with Crippen LogP contribution in [-0.2, 0) is 14.3 Å². The van der Waals surface area contributed by atoms with Gasteiger partial charge in [-0.15, -0.1) is 0 Å². The van der Waals surface area contributed by atoms with E-state index in [1.807, 2.05) is 58.0 Å². The fourth-order valence-corrected chi connectivity index (χ4v) is 6.27. The van der Waals surface area contributed by atoms with Crippen LogP contribution < -0.4 is 18.9 Å². The summed E-state index contributed by atoms with van der Waals surface area (Å²) in [6, 6.07) is 9.49. The van der Waals surface area contributed by atoms with Gasteiger partial charge in [-0.05, 0) is 90.9 Å². The molecule has 1 unspecified atom stereocenters. The third kappa shape index (κ3) is 6.15. The molecule has 0 radical (unpaired) electrons. The van der Waals surface area contributed by atoms with Gasteiger partial charge in [-0.2, -0.15) is 0 Å². The highest BCUT2D eigenvalue weighted by Gasteiger charge is 2.45. The normalized spacial score (nSPS) is 21.0. The van der Waals surface area contributed by atoms with E-state index in [-0.39, 0.29) is 24.2 Å². The molecule has 41 heavy (non-hydrogen) atoms. The van der Waals surface area contributed by atoms with Gasteiger partial charge in [0.1, 0.15) is 5.92 Å². The molecule has 9 heteroatoms. The molecule has 0 aromatic heterocycles. The number of methoxy groups -OCH3 is 3. The van der Waals surface area contributed by atoms with E-state index in [2.05, 4.69) is 15.9 Å². The molecule has 0 spiro atoms. The van der Waals surface area contributed by atoms with Crippen molar-refractivity contribution >= 4 is 33.4 Å². The van der Waals surface area contributed by atoms with Crippen molar-refractivity contribution in [2.24, 2.45) is 10.9 Å². The molecule has 1 aliphatic carbocycles. The van der Waals surface area contributed by atoms with Gasteiger partial charge < -0.3 is 23.7 Å². The first-order chi connectivity index (χ1) is 19.7. The van der Waals surface area contributed by atoms with Gasteiger partial charge >= 0.3 is 5.97 Å². The Balaban J connectivity index is 1.84. The largest absolute Gasteiger partial charge is 0.493 e. The van der Waals surface area contributed by atoms with Crippen molar-refractivity contribution in [2.75, 3.05) is 27.9 Å². The topological polar surface area (TPSA) is 92.7 Å². The Hall–Kier alpha value is -3.33. The number of ketones is 1. The van der Waals surface area contributed by atoms with E-state index in [9.17, 15) is 9.59 Å². The smallest absolute Gasteiger partial charge is 0.315 e. The van der Waals surface area contributed by atoms with Crippen LogP contribution in [0.2, 0.25) is 0 Å². The maximum Gasteiger partial charge on any atom is 0.315 e. The zero-order valence-corrected chi connectivity index (χ0v) is 26.3. The van der Waals surface area contributed by atoms with Crippen LogP contribution in [0, 0.1) is 5.92 Å². The van der Waals surface area contributed by atoms with Crippen LogP contribution in [0.25, 0.3) is 0 Å². The predicted octanol–water partition coefficient (Wildman–Crippen LogP) is 6.79. The van der Waals surface area contributed by atoms with E-state index < -0.39 is 17.8 Å². The second-order valence-electron chi connectivity index (χ2n) is 10.3. The summed E-state index contributed by atoms with van der Waals surface area (Å²) in [5.41, 5.74) is 3.59. The quantitative estimate of drug-likeness (QED) is 0.268. The average molecular weight is 629 g/mol. The van der Waals surface area contributed by atoms with E-state index in [1.54, 1.807) is 21.3 Å². The average Bonchev–Trinajstić information content (AvgIpc) is 2.95. The maximum absolute atomic E-state index is 14.0. The molecule has 0 bridgehead atoms. The molecule has 220 valence electrons. The molecule has 0 N–H and O–H groups in total. The van der Waals surface area contributed by atoms with Crippen molar-refractivity contribution in [3.05, 3.63) is 57.2 Å². The molecule has 4 atom stereocenters. The standard InChI is InChI=1S/C32H38BrNO7/c1-8-17(3)41-32(36)28-18(4)34-23-13-20(19-10-11-25(37-5)26(15-19)38-6)14-24(35)30(23)29(28)21-12-22(33)31(39-7)27(16-21)40-9-2/h10-12,15-17,20,28-29H,8-9,13-14H2,1-7H3/t17-,20+,28?,29-/m0/s1. The molecule has 0 amide bonds. The lowest BCUT2D eigenvalue weighted by atomic mass is 9.69. The van der Waals surface area contributed by atoms with Crippen LogP contribution in [0.3, 0.4) is 0 Å². The lowest BCUT2D eigenvalue weighted by Crippen LogP contribution is -2.39. The van der Waals surface area contributed by atoms with Crippen molar-refractivity contribution in [1.82, 2.24) is 0 Å². The molecule has 2 aliphatic rings. The van der Waals surface area contributed by atoms with Crippen molar-refractivity contribution in [3.8, 4) is 23.0 Å². The molecule has 1 heterocycles. The Morgan fingerprint density at radius 3 is 2.34 bits per heavy atom. The summed E-state index contributed by atoms with van der Waals surface area (Å²) in [6.45, 7) is 7.99. The molecule has 0 saturated carbocycles. The third-order valence-electron chi connectivity index (χ3n) is 7.81. The minimum atomic E-state index is -0.751. The number of benzene rings is 2. The minimum absolute atomic E-state index is 0.0430. The first-order valence-corrected chi connectivity index (χ1v) is 14.7. The van der Waals surface area contributed by atoms with Gasteiger partial charge in [0.25, 0.3) is 0 Å². The Kier molecular flexibility index (Phi) is 9.79. The van der Waals surface area contributed by atoms with Crippen LogP contribution in [0.4, 0.5) is 0 Å². The van der Waals surface area contributed by atoms with E-state index in [4.69, 9.17) is 28.7 Å². The van der Waals surface area contributed by atoms with Gasteiger partial charge in [-0.1, -0.05) is 13.0 Å². The second kappa shape index (κ2) is 13.1. The maximum atomic E-state index is 14.0. The molecule has 0 saturated heterocycles. The van der Waals surface area contributed by atoms with E-state index >= 15 is 0 Å². The monoisotopic (exact) mass is 627 g/mol. The molecular weight excluding hydrogens is 590 g/mol. The summed E-state index contributed by atoms with van der Waals surface area (Å²) in [4.78, 5) is 32.6. The summed E-state index contributed by atoms with van der Waals surface area (Å²) in [5.74, 6) is 0.452.